The molecular formula is C49H94O6. The Morgan fingerprint density at radius 3 is 0.945 bits per heavy atom. The maximum Gasteiger partial charge on any atom is 0.306 e. The first-order chi connectivity index (χ1) is 26.8. The van der Waals surface area contributed by atoms with Gasteiger partial charge in [0.1, 0.15) is 13.2 Å². The molecule has 0 amide bonds. The summed E-state index contributed by atoms with van der Waals surface area (Å²) < 4.78 is 16.7. The maximum atomic E-state index is 12.7. The highest BCUT2D eigenvalue weighted by atomic mass is 16.6. The van der Waals surface area contributed by atoms with Gasteiger partial charge in [0.2, 0.25) is 0 Å². The van der Waals surface area contributed by atoms with Crippen molar-refractivity contribution < 1.29 is 28.6 Å². The summed E-state index contributed by atoms with van der Waals surface area (Å²) in [7, 11) is 0. The number of ether oxygens (including phenoxy) is 3. The van der Waals surface area contributed by atoms with Crippen molar-refractivity contribution in [2.24, 2.45) is 11.8 Å². The molecule has 0 radical (unpaired) electrons. The molecule has 2 unspecified atom stereocenters. The van der Waals surface area contributed by atoms with Crippen molar-refractivity contribution in [1.29, 1.82) is 0 Å². The summed E-state index contributed by atoms with van der Waals surface area (Å²) in [5.41, 5.74) is 0. The fourth-order valence-corrected chi connectivity index (χ4v) is 7.22. The van der Waals surface area contributed by atoms with Gasteiger partial charge in [0, 0.05) is 19.3 Å². The van der Waals surface area contributed by atoms with Crippen LogP contribution in [0.1, 0.15) is 266 Å². The van der Waals surface area contributed by atoms with E-state index in [1.807, 2.05) is 0 Å². The molecule has 0 spiro atoms. The van der Waals surface area contributed by atoms with E-state index in [0.29, 0.717) is 19.3 Å². The SMILES string of the molecule is CCCCCCCC(=O)OC[C@H](COC(=O)CCCCCCCCCCCCC(C)CC)OC(=O)CCCCCCCCCCCCCCCCC(C)CC. The molecule has 0 fully saturated rings. The zero-order valence-corrected chi connectivity index (χ0v) is 37.6. The second-order valence-corrected chi connectivity index (χ2v) is 17.2. The van der Waals surface area contributed by atoms with Crippen LogP contribution in [0.2, 0.25) is 0 Å². The number of rotatable bonds is 43. The monoisotopic (exact) mass is 779 g/mol. The van der Waals surface area contributed by atoms with Crippen LogP contribution in [0.5, 0.6) is 0 Å². The lowest BCUT2D eigenvalue weighted by Crippen LogP contribution is -2.30. The minimum Gasteiger partial charge on any atom is -0.462 e. The summed E-state index contributed by atoms with van der Waals surface area (Å²) in [4.78, 5) is 37.6. The van der Waals surface area contributed by atoms with E-state index < -0.39 is 6.10 Å². The first-order valence-corrected chi connectivity index (χ1v) is 24.3. The Morgan fingerprint density at radius 1 is 0.364 bits per heavy atom. The topological polar surface area (TPSA) is 78.9 Å². The van der Waals surface area contributed by atoms with E-state index in [9.17, 15) is 14.4 Å². The molecular weight excluding hydrogens is 685 g/mol. The fraction of sp³-hybridized carbons (Fsp3) is 0.939. The molecule has 0 aliphatic carbocycles. The average Bonchev–Trinajstić information content (AvgIpc) is 3.18. The Labute approximate surface area is 342 Å². The number of unbranched alkanes of at least 4 members (excludes halogenated alkanes) is 26. The first kappa shape index (κ1) is 53.4. The number of carbonyl (C=O) groups excluding carboxylic acids is 3. The highest BCUT2D eigenvalue weighted by Crippen LogP contribution is 2.18. The van der Waals surface area contributed by atoms with Crippen molar-refractivity contribution in [3.8, 4) is 0 Å². The Kier molecular flexibility index (Phi) is 40.8. The summed E-state index contributed by atoms with van der Waals surface area (Å²) in [5, 5.41) is 0. The zero-order valence-electron chi connectivity index (χ0n) is 37.6. The van der Waals surface area contributed by atoms with Gasteiger partial charge < -0.3 is 14.2 Å². The van der Waals surface area contributed by atoms with Gasteiger partial charge in [0.15, 0.2) is 6.10 Å². The van der Waals surface area contributed by atoms with Crippen molar-refractivity contribution in [2.75, 3.05) is 13.2 Å². The molecule has 0 saturated carbocycles. The minimum absolute atomic E-state index is 0.0654. The quantitative estimate of drug-likeness (QED) is 0.0348. The van der Waals surface area contributed by atoms with Crippen LogP contribution in [0, 0.1) is 11.8 Å². The van der Waals surface area contributed by atoms with Gasteiger partial charge in [0.25, 0.3) is 0 Å². The van der Waals surface area contributed by atoms with Gasteiger partial charge in [0.05, 0.1) is 0 Å². The zero-order chi connectivity index (χ0) is 40.5. The molecule has 0 aromatic rings. The van der Waals surface area contributed by atoms with Gasteiger partial charge in [-0.2, -0.15) is 0 Å². The van der Waals surface area contributed by atoms with Crippen molar-refractivity contribution in [2.45, 2.75) is 272 Å². The van der Waals surface area contributed by atoms with Crippen LogP contribution >= 0.6 is 0 Å². The molecule has 55 heavy (non-hydrogen) atoms. The van der Waals surface area contributed by atoms with Crippen LogP contribution in [0.4, 0.5) is 0 Å². The fourth-order valence-electron chi connectivity index (χ4n) is 7.22. The van der Waals surface area contributed by atoms with Gasteiger partial charge in [-0.25, -0.2) is 0 Å². The molecule has 0 bridgehead atoms. The van der Waals surface area contributed by atoms with Crippen LogP contribution in [-0.4, -0.2) is 37.2 Å². The highest BCUT2D eigenvalue weighted by molar-refractivity contribution is 5.71. The molecule has 0 rings (SSSR count). The molecule has 0 aliphatic rings. The number of hydrogen-bond acceptors (Lipinski definition) is 6. The maximum absolute atomic E-state index is 12.7. The summed E-state index contributed by atoms with van der Waals surface area (Å²) >= 11 is 0. The smallest absolute Gasteiger partial charge is 0.306 e. The van der Waals surface area contributed by atoms with Crippen molar-refractivity contribution in [1.82, 2.24) is 0 Å². The van der Waals surface area contributed by atoms with Crippen molar-refractivity contribution >= 4 is 17.9 Å². The minimum atomic E-state index is -0.759. The van der Waals surface area contributed by atoms with Gasteiger partial charge in [-0.05, 0) is 31.1 Å². The van der Waals surface area contributed by atoms with E-state index in [0.717, 1.165) is 76.0 Å². The standard InChI is InChI=1S/C49H94O6/c1-6-9-10-27-34-39-47(50)53-42-46(43-54-48(51)40-35-30-25-21-18-17-20-24-29-33-38-45(5)8-3)55-49(52)41-36-31-26-22-16-14-12-11-13-15-19-23-28-32-37-44(4)7-2/h44-46H,6-43H2,1-5H3/t44?,45?,46-/m1/s1. The molecule has 0 aromatic heterocycles. The largest absolute Gasteiger partial charge is 0.462 e. The lowest BCUT2D eigenvalue weighted by molar-refractivity contribution is -0.167. The lowest BCUT2D eigenvalue weighted by atomic mass is 9.99. The van der Waals surface area contributed by atoms with Gasteiger partial charge in [-0.3, -0.25) is 14.4 Å². The third kappa shape index (κ3) is 40.4. The van der Waals surface area contributed by atoms with E-state index in [1.165, 1.54) is 148 Å². The van der Waals surface area contributed by atoms with E-state index in [4.69, 9.17) is 14.2 Å². The van der Waals surface area contributed by atoms with Gasteiger partial charge in [-0.1, -0.05) is 227 Å². The highest BCUT2D eigenvalue weighted by Gasteiger charge is 2.19. The van der Waals surface area contributed by atoms with E-state index >= 15 is 0 Å². The second kappa shape index (κ2) is 42.0. The van der Waals surface area contributed by atoms with Crippen LogP contribution in [0.3, 0.4) is 0 Å². The molecule has 0 aromatic carbocycles. The first-order valence-electron chi connectivity index (χ1n) is 24.3. The molecule has 0 saturated heterocycles. The summed E-state index contributed by atoms with van der Waals surface area (Å²) in [6.07, 6.45) is 41.0. The molecule has 0 N–H and O–H groups in total. The number of esters is 3. The van der Waals surface area contributed by atoms with Crippen molar-refractivity contribution in [3.05, 3.63) is 0 Å². The Morgan fingerprint density at radius 2 is 0.636 bits per heavy atom. The average molecular weight is 779 g/mol. The molecule has 6 nitrogen and oxygen atoms in total. The Balaban J connectivity index is 4.15. The van der Waals surface area contributed by atoms with Crippen LogP contribution in [0.25, 0.3) is 0 Å². The Bertz CT molecular complexity index is 843. The van der Waals surface area contributed by atoms with Gasteiger partial charge >= 0.3 is 17.9 Å². The molecule has 0 aliphatic heterocycles. The molecule has 6 heteroatoms. The lowest BCUT2D eigenvalue weighted by Gasteiger charge is -2.18. The van der Waals surface area contributed by atoms with Crippen LogP contribution < -0.4 is 0 Å². The third-order valence-corrected chi connectivity index (χ3v) is 11.7. The number of carbonyl (C=O) groups is 3. The van der Waals surface area contributed by atoms with Gasteiger partial charge in [-0.15, -0.1) is 0 Å². The van der Waals surface area contributed by atoms with E-state index in [-0.39, 0.29) is 31.1 Å². The predicted octanol–water partition coefficient (Wildman–Crippen LogP) is 15.4. The van der Waals surface area contributed by atoms with Crippen molar-refractivity contribution in [3.63, 3.8) is 0 Å². The molecule has 0 heterocycles. The second-order valence-electron chi connectivity index (χ2n) is 17.2. The van der Waals surface area contributed by atoms with Crippen LogP contribution in [-0.2, 0) is 28.6 Å². The summed E-state index contributed by atoms with van der Waals surface area (Å²) in [5.74, 6) is 0.897. The van der Waals surface area contributed by atoms with E-state index in [1.54, 1.807) is 0 Å². The van der Waals surface area contributed by atoms with E-state index in [2.05, 4.69) is 34.6 Å². The predicted molar refractivity (Wildman–Crippen MR) is 233 cm³/mol. The van der Waals surface area contributed by atoms with Crippen LogP contribution in [0.15, 0.2) is 0 Å². The third-order valence-electron chi connectivity index (χ3n) is 11.7. The summed E-state index contributed by atoms with van der Waals surface area (Å²) in [6, 6.07) is 0. The Hall–Kier alpha value is -1.59. The number of hydrogen-bond donors (Lipinski definition) is 0. The molecule has 3 atom stereocenters. The summed E-state index contributed by atoms with van der Waals surface area (Å²) in [6.45, 7) is 11.3. The normalized spacial score (nSPS) is 13.0. The molecule has 326 valence electrons.